The summed E-state index contributed by atoms with van der Waals surface area (Å²) >= 11 is 0. The number of benzene rings is 2. The summed E-state index contributed by atoms with van der Waals surface area (Å²) < 4.78 is 25.9. The summed E-state index contributed by atoms with van der Waals surface area (Å²) in [5, 5.41) is 18.4. The second-order valence-corrected chi connectivity index (χ2v) is 5.36. The van der Waals surface area contributed by atoms with E-state index in [9.17, 15) is 13.5 Å². The van der Waals surface area contributed by atoms with Crippen LogP contribution in [0.25, 0.3) is 10.8 Å². The highest BCUT2D eigenvalue weighted by molar-refractivity contribution is 7.85. The van der Waals surface area contributed by atoms with Crippen LogP contribution in [0.15, 0.2) is 36.4 Å². The molecule has 0 aromatic heterocycles. The van der Waals surface area contributed by atoms with Gasteiger partial charge in [-0.2, -0.15) is 8.42 Å². The first-order valence-corrected chi connectivity index (χ1v) is 7.01. The molecule has 0 spiro atoms. The van der Waals surface area contributed by atoms with E-state index in [0.29, 0.717) is 11.8 Å². The average molecular weight is 282 g/mol. The van der Waals surface area contributed by atoms with E-state index in [1.807, 2.05) is 12.1 Å². The summed E-state index contributed by atoms with van der Waals surface area (Å²) in [6, 6.07) is 10.5. The number of phenols is 1. The lowest BCUT2D eigenvalue weighted by atomic mass is 10.1. The first-order chi connectivity index (χ1) is 8.66. The molecule has 0 saturated carbocycles. The number of hydrogen-bond acceptors (Lipinski definition) is 4. The first-order valence-electron chi connectivity index (χ1n) is 5.16. The molecule has 0 bridgehead atoms. The molecule has 5 N–H and O–H groups in total. The van der Waals surface area contributed by atoms with Gasteiger partial charge in [-0.3, -0.25) is 9.96 Å². The molecule has 0 heterocycles. The highest BCUT2D eigenvalue weighted by Gasteiger charge is 1.99. The predicted octanol–water partition coefficient (Wildman–Crippen LogP) is 1.33. The molecule has 7 heteroatoms. The Labute approximate surface area is 110 Å². The van der Waals surface area contributed by atoms with Crippen LogP contribution in [0.2, 0.25) is 0 Å². The van der Waals surface area contributed by atoms with Crippen molar-refractivity contribution in [2.45, 2.75) is 0 Å². The third kappa shape index (κ3) is 5.36. The molecule has 6 nitrogen and oxygen atoms in total. The van der Waals surface area contributed by atoms with Gasteiger partial charge in [-0.25, -0.2) is 0 Å². The normalized spacial score (nSPS) is 10.6. The van der Waals surface area contributed by atoms with Gasteiger partial charge in [0.05, 0.1) is 6.26 Å². The standard InChI is InChI=1S/C11H10N2O.CH4O3S/c12-11(13)9-2-1-8-6-10(14)4-3-7(8)5-9;1-5(2,3)4/h1-6,14H,(H3,12,13);1H3,(H,2,3,4). The summed E-state index contributed by atoms with van der Waals surface area (Å²) in [5.74, 6) is 0.299. The van der Waals surface area contributed by atoms with E-state index in [4.69, 9.17) is 15.7 Å². The van der Waals surface area contributed by atoms with E-state index in [0.717, 1.165) is 10.8 Å². The largest absolute Gasteiger partial charge is 0.508 e. The number of fused-ring (bicyclic) bond motifs is 1. The summed E-state index contributed by atoms with van der Waals surface area (Å²) in [6.45, 7) is 0. The lowest BCUT2D eigenvalue weighted by Crippen LogP contribution is -2.10. The maximum atomic E-state index is 9.24. The van der Waals surface area contributed by atoms with Crippen LogP contribution in [-0.2, 0) is 10.1 Å². The summed E-state index contributed by atoms with van der Waals surface area (Å²) in [6.07, 6.45) is 0.715. The summed E-state index contributed by atoms with van der Waals surface area (Å²) in [5.41, 5.74) is 6.07. The fourth-order valence-electron chi connectivity index (χ4n) is 1.40. The Kier molecular flexibility index (Phi) is 4.47. The minimum absolute atomic E-state index is 0.0555. The van der Waals surface area contributed by atoms with E-state index in [-0.39, 0.29) is 11.6 Å². The quantitative estimate of drug-likeness (QED) is 0.357. The molecule has 0 fully saturated rings. The maximum absolute atomic E-state index is 9.24. The Morgan fingerprint density at radius 1 is 1.16 bits per heavy atom. The fraction of sp³-hybridized carbons (Fsp3) is 0.0833. The van der Waals surface area contributed by atoms with Gasteiger partial charge >= 0.3 is 0 Å². The lowest BCUT2D eigenvalue weighted by molar-refractivity contribution is 0.476. The zero-order valence-corrected chi connectivity index (χ0v) is 11.0. The van der Waals surface area contributed by atoms with Gasteiger partial charge in [-0.1, -0.05) is 18.2 Å². The molecule has 0 atom stereocenters. The van der Waals surface area contributed by atoms with Crippen LogP contribution < -0.4 is 5.73 Å². The van der Waals surface area contributed by atoms with Gasteiger partial charge in [0.25, 0.3) is 10.1 Å². The van der Waals surface area contributed by atoms with Gasteiger partial charge in [0.2, 0.25) is 0 Å². The van der Waals surface area contributed by atoms with Crippen molar-refractivity contribution < 1.29 is 18.1 Å². The summed E-state index contributed by atoms with van der Waals surface area (Å²) in [7, 11) is -3.67. The van der Waals surface area contributed by atoms with Crippen molar-refractivity contribution in [2.75, 3.05) is 6.26 Å². The SMILES string of the molecule is CS(=O)(=O)O.N=C(N)c1ccc2cc(O)ccc2c1. The topological polar surface area (TPSA) is 124 Å². The Morgan fingerprint density at radius 3 is 2.16 bits per heavy atom. The molecule has 0 aliphatic rings. The van der Waals surface area contributed by atoms with Gasteiger partial charge in [-0.15, -0.1) is 0 Å². The monoisotopic (exact) mass is 282 g/mol. The van der Waals surface area contributed by atoms with Gasteiger partial charge in [0.15, 0.2) is 0 Å². The molecule has 0 radical (unpaired) electrons. The van der Waals surface area contributed by atoms with E-state index < -0.39 is 10.1 Å². The third-order valence-electron chi connectivity index (χ3n) is 2.13. The highest BCUT2D eigenvalue weighted by Crippen LogP contribution is 2.20. The van der Waals surface area contributed by atoms with Crippen LogP contribution >= 0.6 is 0 Å². The number of nitrogens with two attached hydrogens (primary N) is 1. The first kappa shape index (κ1) is 14.9. The van der Waals surface area contributed by atoms with Crippen LogP contribution in [0.4, 0.5) is 0 Å². The van der Waals surface area contributed by atoms with Gasteiger partial charge in [0, 0.05) is 5.56 Å². The molecule has 0 saturated heterocycles. The predicted molar refractivity (Wildman–Crippen MR) is 74.1 cm³/mol. The van der Waals surface area contributed by atoms with Crippen LogP contribution in [0.3, 0.4) is 0 Å². The Hall–Kier alpha value is -2.12. The van der Waals surface area contributed by atoms with Crippen molar-refractivity contribution in [1.82, 2.24) is 0 Å². The zero-order valence-electron chi connectivity index (χ0n) is 10.2. The molecular formula is C12H14N2O4S. The molecule has 19 heavy (non-hydrogen) atoms. The van der Waals surface area contributed by atoms with E-state index >= 15 is 0 Å². The molecule has 2 aromatic carbocycles. The minimum atomic E-state index is -3.67. The van der Waals surface area contributed by atoms with Gasteiger partial charge in [0.1, 0.15) is 11.6 Å². The van der Waals surface area contributed by atoms with Crippen molar-refractivity contribution in [3.8, 4) is 5.75 Å². The van der Waals surface area contributed by atoms with Crippen LogP contribution in [0.1, 0.15) is 5.56 Å². The van der Waals surface area contributed by atoms with Crippen LogP contribution in [0.5, 0.6) is 5.75 Å². The minimum Gasteiger partial charge on any atom is -0.508 e. The number of hydrogen-bond donors (Lipinski definition) is 4. The van der Waals surface area contributed by atoms with Crippen molar-refractivity contribution >= 4 is 26.7 Å². The molecule has 0 amide bonds. The molecule has 0 aliphatic heterocycles. The Balaban J connectivity index is 0.000000312. The van der Waals surface area contributed by atoms with Crippen molar-refractivity contribution in [3.63, 3.8) is 0 Å². The molecular weight excluding hydrogens is 268 g/mol. The van der Waals surface area contributed by atoms with E-state index in [1.165, 1.54) is 0 Å². The second-order valence-electron chi connectivity index (χ2n) is 3.89. The number of rotatable bonds is 1. The van der Waals surface area contributed by atoms with Crippen molar-refractivity contribution in [2.24, 2.45) is 5.73 Å². The lowest BCUT2D eigenvalue weighted by Gasteiger charge is -2.02. The number of aromatic hydroxyl groups is 1. The van der Waals surface area contributed by atoms with Crippen LogP contribution in [-0.4, -0.2) is 30.2 Å². The smallest absolute Gasteiger partial charge is 0.261 e. The van der Waals surface area contributed by atoms with E-state index in [2.05, 4.69) is 0 Å². The number of phenolic OH excluding ortho intramolecular Hbond substituents is 1. The Morgan fingerprint density at radius 2 is 1.63 bits per heavy atom. The molecule has 102 valence electrons. The van der Waals surface area contributed by atoms with Crippen molar-refractivity contribution in [3.05, 3.63) is 42.0 Å². The molecule has 2 rings (SSSR count). The highest BCUT2D eigenvalue weighted by atomic mass is 32.2. The number of nitrogen functional groups attached to an aromatic ring is 1. The summed E-state index contributed by atoms with van der Waals surface area (Å²) in [4.78, 5) is 0. The molecule has 0 unspecified atom stereocenters. The molecule has 2 aromatic rings. The third-order valence-corrected chi connectivity index (χ3v) is 2.13. The number of amidine groups is 1. The fourth-order valence-corrected chi connectivity index (χ4v) is 1.40. The molecule has 0 aliphatic carbocycles. The second kappa shape index (κ2) is 5.68. The average Bonchev–Trinajstić information content (AvgIpc) is 2.25. The van der Waals surface area contributed by atoms with Gasteiger partial charge < -0.3 is 10.8 Å². The van der Waals surface area contributed by atoms with Crippen LogP contribution in [0, 0.1) is 5.41 Å². The maximum Gasteiger partial charge on any atom is 0.261 e. The van der Waals surface area contributed by atoms with E-state index in [1.54, 1.807) is 24.3 Å². The Bertz CT molecular complexity index is 703. The van der Waals surface area contributed by atoms with Gasteiger partial charge in [-0.05, 0) is 29.0 Å². The van der Waals surface area contributed by atoms with Crippen molar-refractivity contribution in [1.29, 1.82) is 5.41 Å². The number of nitrogens with one attached hydrogen (secondary N) is 1. The zero-order chi connectivity index (χ0) is 14.6.